The SMILES string of the molecule is CC(C)Cc1nnc(NC(=O)Nc2ccc(Br)cc2)s1. The van der Waals surface area contributed by atoms with Crippen LogP contribution in [0.2, 0.25) is 0 Å². The molecule has 7 heteroatoms. The zero-order valence-corrected chi connectivity index (χ0v) is 13.6. The maximum absolute atomic E-state index is 11.8. The van der Waals surface area contributed by atoms with Crippen molar-refractivity contribution in [1.29, 1.82) is 0 Å². The van der Waals surface area contributed by atoms with E-state index in [-0.39, 0.29) is 6.03 Å². The van der Waals surface area contributed by atoms with Crippen LogP contribution in [-0.4, -0.2) is 16.2 Å². The summed E-state index contributed by atoms with van der Waals surface area (Å²) < 4.78 is 0.964. The minimum Gasteiger partial charge on any atom is -0.308 e. The maximum atomic E-state index is 11.8. The molecule has 2 rings (SSSR count). The van der Waals surface area contributed by atoms with Gasteiger partial charge in [-0.15, -0.1) is 10.2 Å². The second-order valence-corrected chi connectivity index (χ2v) is 6.66. The van der Waals surface area contributed by atoms with Gasteiger partial charge in [0.2, 0.25) is 5.13 Å². The predicted octanol–water partition coefficient (Wildman–Crippen LogP) is 4.14. The molecule has 0 aliphatic heterocycles. The Morgan fingerprint density at radius 3 is 2.60 bits per heavy atom. The molecule has 2 amide bonds. The number of halogens is 1. The lowest BCUT2D eigenvalue weighted by molar-refractivity contribution is 0.262. The first-order chi connectivity index (χ1) is 9.52. The second kappa shape index (κ2) is 6.81. The number of nitrogens with zero attached hydrogens (tertiary/aromatic N) is 2. The van der Waals surface area contributed by atoms with Gasteiger partial charge in [-0.2, -0.15) is 0 Å². The van der Waals surface area contributed by atoms with Crippen LogP contribution in [-0.2, 0) is 6.42 Å². The van der Waals surface area contributed by atoms with Crippen molar-refractivity contribution in [3.05, 3.63) is 33.7 Å². The van der Waals surface area contributed by atoms with Crippen LogP contribution in [0, 0.1) is 5.92 Å². The van der Waals surface area contributed by atoms with Gasteiger partial charge in [0, 0.05) is 16.6 Å². The van der Waals surface area contributed by atoms with Crippen LogP contribution in [0.15, 0.2) is 28.7 Å². The minimum atomic E-state index is -0.320. The number of hydrogen-bond donors (Lipinski definition) is 2. The van der Waals surface area contributed by atoms with Gasteiger partial charge >= 0.3 is 6.03 Å². The highest BCUT2D eigenvalue weighted by molar-refractivity contribution is 9.10. The molecule has 1 heterocycles. The summed E-state index contributed by atoms with van der Waals surface area (Å²) in [5.74, 6) is 0.521. The van der Waals surface area contributed by atoms with Crippen molar-refractivity contribution in [2.45, 2.75) is 20.3 Å². The van der Waals surface area contributed by atoms with Gasteiger partial charge in [0.1, 0.15) is 5.01 Å². The zero-order valence-electron chi connectivity index (χ0n) is 11.2. The van der Waals surface area contributed by atoms with Crippen LogP contribution in [0.3, 0.4) is 0 Å². The van der Waals surface area contributed by atoms with E-state index < -0.39 is 0 Å². The Balaban J connectivity index is 1.91. The normalized spacial score (nSPS) is 10.6. The molecule has 5 nitrogen and oxygen atoms in total. The summed E-state index contributed by atoms with van der Waals surface area (Å²) in [6, 6.07) is 7.03. The summed E-state index contributed by atoms with van der Waals surface area (Å²) in [5, 5.41) is 14.9. The molecule has 2 N–H and O–H groups in total. The summed E-state index contributed by atoms with van der Waals surface area (Å²) in [7, 11) is 0. The number of rotatable bonds is 4. The van der Waals surface area contributed by atoms with Gasteiger partial charge in [-0.1, -0.05) is 41.1 Å². The molecule has 0 radical (unpaired) electrons. The number of anilines is 2. The third kappa shape index (κ3) is 4.57. The average molecular weight is 355 g/mol. The summed E-state index contributed by atoms with van der Waals surface area (Å²) in [6.45, 7) is 4.24. The van der Waals surface area contributed by atoms with Gasteiger partial charge in [0.15, 0.2) is 0 Å². The third-order valence-corrected chi connectivity index (χ3v) is 3.76. The monoisotopic (exact) mass is 354 g/mol. The number of nitrogens with one attached hydrogen (secondary N) is 2. The summed E-state index contributed by atoms with van der Waals surface area (Å²) in [5.41, 5.74) is 0.720. The molecular weight excluding hydrogens is 340 g/mol. The molecule has 0 saturated heterocycles. The summed E-state index contributed by atoms with van der Waals surface area (Å²) in [6.07, 6.45) is 0.869. The zero-order chi connectivity index (χ0) is 14.5. The van der Waals surface area contributed by atoms with Crippen molar-refractivity contribution in [3.63, 3.8) is 0 Å². The standard InChI is InChI=1S/C13H15BrN4OS/c1-8(2)7-11-17-18-13(20-11)16-12(19)15-10-5-3-9(14)4-6-10/h3-6,8H,7H2,1-2H3,(H2,15,16,18,19). The fourth-order valence-corrected chi connectivity index (χ4v) is 2.74. The van der Waals surface area contributed by atoms with E-state index in [4.69, 9.17) is 0 Å². The molecule has 1 aromatic heterocycles. The smallest absolute Gasteiger partial charge is 0.308 e. The van der Waals surface area contributed by atoms with E-state index in [1.807, 2.05) is 24.3 Å². The average Bonchev–Trinajstić information content (AvgIpc) is 2.78. The van der Waals surface area contributed by atoms with E-state index in [2.05, 4.69) is 50.6 Å². The lowest BCUT2D eigenvalue weighted by atomic mass is 10.1. The molecule has 0 saturated carbocycles. The van der Waals surface area contributed by atoms with Crippen molar-refractivity contribution < 1.29 is 4.79 Å². The van der Waals surface area contributed by atoms with Crippen molar-refractivity contribution in [1.82, 2.24) is 10.2 Å². The van der Waals surface area contributed by atoms with Gasteiger partial charge in [0.05, 0.1) is 0 Å². The lowest BCUT2D eigenvalue weighted by Gasteiger charge is -2.04. The van der Waals surface area contributed by atoms with Crippen molar-refractivity contribution in [3.8, 4) is 0 Å². The van der Waals surface area contributed by atoms with E-state index in [9.17, 15) is 4.79 Å². The Labute approximate surface area is 129 Å². The minimum absolute atomic E-state index is 0.320. The molecule has 20 heavy (non-hydrogen) atoms. The highest BCUT2D eigenvalue weighted by Gasteiger charge is 2.09. The first-order valence-electron chi connectivity index (χ1n) is 6.19. The van der Waals surface area contributed by atoms with E-state index in [0.717, 1.165) is 21.6 Å². The number of carbonyl (C=O) groups excluding carboxylic acids is 1. The summed E-state index contributed by atoms with van der Waals surface area (Å²) in [4.78, 5) is 11.8. The number of benzene rings is 1. The van der Waals surface area contributed by atoms with Crippen LogP contribution in [0.5, 0.6) is 0 Å². The van der Waals surface area contributed by atoms with Crippen molar-refractivity contribution in [2.75, 3.05) is 10.6 Å². The molecule has 0 aliphatic rings. The largest absolute Gasteiger partial charge is 0.325 e. The number of carbonyl (C=O) groups is 1. The van der Waals surface area contributed by atoms with E-state index in [1.54, 1.807) is 0 Å². The highest BCUT2D eigenvalue weighted by atomic mass is 79.9. The predicted molar refractivity (Wildman–Crippen MR) is 85.2 cm³/mol. The van der Waals surface area contributed by atoms with Gasteiger partial charge in [-0.05, 0) is 30.2 Å². The van der Waals surface area contributed by atoms with Crippen LogP contribution in [0.25, 0.3) is 0 Å². The van der Waals surface area contributed by atoms with E-state index in [0.29, 0.717) is 11.0 Å². The molecule has 0 aliphatic carbocycles. The van der Waals surface area contributed by atoms with Crippen LogP contribution < -0.4 is 10.6 Å². The molecule has 2 aromatic rings. The fraction of sp³-hybridized carbons (Fsp3) is 0.308. The fourth-order valence-electron chi connectivity index (χ4n) is 1.53. The Morgan fingerprint density at radius 2 is 1.95 bits per heavy atom. The molecule has 0 spiro atoms. The van der Waals surface area contributed by atoms with Crippen molar-refractivity contribution in [2.24, 2.45) is 5.92 Å². The first-order valence-corrected chi connectivity index (χ1v) is 7.80. The van der Waals surface area contributed by atoms with Crippen molar-refractivity contribution >= 4 is 44.1 Å². The number of urea groups is 1. The second-order valence-electron chi connectivity index (χ2n) is 4.68. The Kier molecular flexibility index (Phi) is 5.08. The quantitative estimate of drug-likeness (QED) is 0.866. The van der Waals surface area contributed by atoms with Crippen LogP contribution in [0.4, 0.5) is 15.6 Å². The van der Waals surface area contributed by atoms with Gasteiger partial charge < -0.3 is 5.32 Å². The summed E-state index contributed by atoms with van der Waals surface area (Å²) >= 11 is 4.74. The Morgan fingerprint density at radius 1 is 1.25 bits per heavy atom. The molecule has 0 atom stereocenters. The molecule has 0 unspecified atom stereocenters. The molecule has 0 bridgehead atoms. The molecule has 1 aromatic carbocycles. The number of aromatic nitrogens is 2. The van der Waals surface area contributed by atoms with Crippen LogP contribution >= 0.6 is 27.3 Å². The van der Waals surface area contributed by atoms with Crippen LogP contribution in [0.1, 0.15) is 18.9 Å². The van der Waals surface area contributed by atoms with Gasteiger partial charge in [-0.3, -0.25) is 5.32 Å². The molecular formula is C13H15BrN4OS. The Bertz CT molecular complexity index is 582. The topological polar surface area (TPSA) is 66.9 Å². The molecule has 106 valence electrons. The highest BCUT2D eigenvalue weighted by Crippen LogP contribution is 2.19. The number of amides is 2. The third-order valence-electron chi connectivity index (χ3n) is 2.37. The van der Waals surface area contributed by atoms with E-state index >= 15 is 0 Å². The molecule has 0 fully saturated rings. The van der Waals surface area contributed by atoms with E-state index in [1.165, 1.54) is 11.3 Å². The number of hydrogen-bond acceptors (Lipinski definition) is 4. The Hall–Kier alpha value is -1.47. The lowest BCUT2D eigenvalue weighted by Crippen LogP contribution is -2.19. The first kappa shape index (κ1) is 14.9. The maximum Gasteiger partial charge on any atom is 0.325 e. The van der Waals surface area contributed by atoms with Gasteiger partial charge in [0.25, 0.3) is 0 Å². The van der Waals surface area contributed by atoms with Gasteiger partial charge in [-0.25, -0.2) is 4.79 Å².